The number of likely N-dealkylation sites (tertiary alicyclic amines) is 1. The van der Waals surface area contributed by atoms with Crippen molar-refractivity contribution in [3.8, 4) is 5.75 Å². The molecule has 0 saturated carbocycles. The molecule has 2 aromatic rings. The van der Waals surface area contributed by atoms with Crippen LogP contribution in [0.1, 0.15) is 55.0 Å². The minimum atomic E-state index is -0.276. The highest BCUT2D eigenvalue weighted by molar-refractivity contribution is 5.72. The van der Waals surface area contributed by atoms with Gasteiger partial charge in [-0.15, -0.1) is 0 Å². The van der Waals surface area contributed by atoms with E-state index < -0.39 is 0 Å². The van der Waals surface area contributed by atoms with Crippen molar-refractivity contribution in [2.75, 3.05) is 44.4 Å². The lowest BCUT2D eigenvalue weighted by atomic mass is 9.98. The van der Waals surface area contributed by atoms with Crippen LogP contribution in [0.5, 0.6) is 5.75 Å². The van der Waals surface area contributed by atoms with E-state index in [1.165, 1.54) is 0 Å². The molecule has 0 aliphatic carbocycles. The number of nitrogens with two attached hydrogens (primary N) is 1. The molecular weight excluding hydrogens is 446 g/mol. The Hall–Kier alpha value is -2.91. The third-order valence-electron chi connectivity index (χ3n) is 6.59. The van der Waals surface area contributed by atoms with Crippen LogP contribution in [-0.2, 0) is 22.4 Å². The maximum atomic E-state index is 12.3. The number of phenolic OH excluding ortho intramolecular Hbond substituents is 1. The van der Waals surface area contributed by atoms with Crippen molar-refractivity contribution in [3.05, 3.63) is 40.6 Å². The molecule has 1 aromatic carbocycles. The molecule has 1 saturated heterocycles. The first kappa shape index (κ1) is 26.7. The summed E-state index contributed by atoms with van der Waals surface area (Å²) in [6.07, 6.45) is 4.10. The summed E-state index contributed by atoms with van der Waals surface area (Å²) in [6.45, 7) is 6.55. The second kappa shape index (κ2) is 12.7. The first-order valence-electron chi connectivity index (χ1n) is 12.4. The Labute approximate surface area is 207 Å². The SMILES string of the molecule is Cc1nc(N)nc(NC(C)CCCO)c1Cc1ccc(CC(=O)OCC2CCN(C)CC2)cc1O. The highest BCUT2D eigenvalue weighted by Crippen LogP contribution is 2.28. The molecule has 192 valence electrons. The van der Waals surface area contributed by atoms with E-state index in [-0.39, 0.29) is 36.7 Å². The van der Waals surface area contributed by atoms with Gasteiger partial charge >= 0.3 is 5.97 Å². The molecular formula is C26H39N5O4. The number of hydrogen-bond donors (Lipinski definition) is 4. The van der Waals surface area contributed by atoms with Crippen LogP contribution in [0.15, 0.2) is 18.2 Å². The molecule has 3 rings (SSSR count). The summed E-state index contributed by atoms with van der Waals surface area (Å²) >= 11 is 0. The number of aryl methyl sites for hydroxylation is 1. The molecule has 0 spiro atoms. The standard InChI is InChI=1S/C26H39N5O4/c1-17(5-4-12-32)28-25-22(18(2)29-26(27)30-25)15-21-7-6-20(13-23(21)33)14-24(34)35-16-19-8-10-31(3)11-9-19/h6-7,13,17,19,32-33H,4-5,8-12,14-16H2,1-3H3,(H3,27,28,29,30). The highest BCUT2D eigenvalue weighted by atomic mass is 16.5. The summed E-state index contributed by atoms with van der Waals surface area (Å²) in [6, 6.07) is 5.38. The predicted octanol–water partition coefficient (Wildman–Crippen LogP) is 2.66. The van der Waals surface area contributed by atoms with Crippen LogP contribution in [0, 0.1) is 12.8 Å². The number of phenols is 1. The topological polar surface area (TPSA) is 134 Å². The second-order valence-corrected chi connectivity index (χ2v) is 9.65. The van der Waals surface area contributed by atoms with Gasteiger partial charge in [-0.1, -0.05) is 12.1 Å². The van der Waals surface area contributed by atoms with Crippen molar-refractivity contribution >= 4 is 17.7 Å². The monoisotopic (exact) mass is 485 g/mol. The van der Waals surface area contributed by atoms with Gasteiger partial charge in [-0.3, -0.25) is 4.79 Å². The van der Waals surface area contributed by atoms with Gasteiger partial charge in [0.15, 0.2) is 0 Å². The fraction of sp³-hybridized carbons (Fsp3) is 0.577. The maximum Gasteiger partial charge on any atom is 0.310 e. The van der Waals surface area contributed by atoms with Crippen molar-refractivity contribution < 1.29 is 19.7 Å². The van der Waals surface area contributed by atoms with Crippen LogP contribution in [-0.4, -0.2) is 70.4 Å². The third-order valence-corrected chi connectivity index (χ3v) is 6.59. The first-order chi connectivity index (χ1) is 16.7. The highest BCUT2D eigenvalue weighted by Gasteiger charge is 2.19. The number of nitrogens with one attached hydrogen (secondary N) is 1. The van der Waals surface area contributed by atoms with Crippen molar-refractivity contribution in [1.82, 2.24) is 14.9 Å². The largest absolute Gasteiger partial charge is 0.508 e. The number of esters is 1. The van der Waals surface area contributed by atoms with Gasteiger partial charge in [0, 0.05) is 30.3 Å². The molecule has 1 aliphatic rings. The summed E-state index contributed by atoms with van der Waals surface area (Å²) in [5.41, 5.74) is 8.86. The number of carbonyl (C=O) groups excluding carboxylic acids is 1. The molecule has 1 aromatic heterocycles. The summed E-state index contributed by atoms with van der Waals surface area (Å²) in [4.78, 5) is 23.3. The number of aliphatic hydroxyl groups is 1. The molecule has 1 atom stereocenters. The van der Waals surface area contributed by atoms with E-state index in [0.717, 1.165) is 43.6 Å². The Morgan fingerprint density at radius 1 is 1.31 bits per heavy atom. The van der Waals surface area contributed by atoms with Crippen LogP contribution < -0.4 is 11.1 Å². The molecule has 0 bridgehead atoms. The number of aromatic hydroxyl groups is 1. The van der Waals surface area contributed by atoms with Gasteiger partial charge in [0.2, 0.25) is 5.95 Å². The van der Waals surface area contributed by atoms with E-state index in [1.54, 1.807) is 6.07 Å². The van der Waals surface area contributed by atoms with Crippen molar-refractivity contribution in [2.45, 2.75) is 58.4 Å². The minimum absolute atomic E-state index is 0.0890. The average Bonchev–Trinajstić information content (AvgIpc) is 2.80. The fourth-order valence-electron chi connectivity index (χ4n) is 4.37. The van der Waals surface area contributed by atoms with Crippen LogP contribution in [0.4, 0.5) is 11.8 Å². The Bertz CT molecular complexity index is 992. The summed E-state index contributed by atoms with van der Waals surface area (Å²) in [5, 5.41) is 23.1. The number of ether oxygens (including phenoxy) is 1. The first-order valence-corrected chi connectivity index (χ1v) is 12.4. The number of hydrogen-bond acceptors (Lipinski definition) is 9. The molecule has 1 unspecified atom stereocenters. The Kier molecular flexibility index (Phi) is 9.68. The molecule has 2 heterocycles. The predicted molar refractivity (Wildman–Crippen MR) is 136 cm³/mol. The quantitative estimate of drug-likeness (QED) is 0.354. The lowest BCUT2D eigenvalue weighted by Gasteiger charge is -2.28. The molecule has 5 N–H and O–H groups in total. The lowest BCUT2D eigenvalue weighted by Crippen LogP contribution is -2.32. The number of piperidine rings is 1. The van der Waals surface area contributed by atoms with E-state index >= 15 is 0 Å². The zero-order valence-electron chi connectivity index (χ0n) is 21.1. The van der Waals surface area contributed by atoms with E-state index in [1.807, 2.05) is 26.0 Å². The molecule has 0 amide bonds. The van der Waals surface area contributed by atoms with E-state index in [4.69, 9.17) is 15.6 Å². The molecule has 1 aliphatic heterocycles. The minimum Gasteiger partial charge on any atom is -0.508 e. The Morgan fingerprint density at radius 2 is 2.06 bits per heavy atom. The number of aromatic nitrogens is 2. The maximum absolute atomic E-state index is 12.3. The van der Waals surface area contributed by atoms with Gasteiger partial charge in [-0.25, -0.2) is 4.98 Å². The van der Waals surface area contributed by atoms with Gasteiger partial charge in [-0.2, -0.15) is 4.98 Å². The number of nitrogen functional groups attached to an aromatic ring is 1. The van der Waals surface area contributed by atoms with Gasteiger partial charge in [-0.05, 0) is 82.8 Å². The van der Waals surface area contributed by atoms with Crippen LogP contribution >= 0.6 is 0 Å². The van der Waals surface area contributed by atoms with Crippen LogP contribution in [0.3, 0.4) is 0 Å². The molecule has 9 heteroatoms. The smallest absolute Gasteiger partial charge is 0.310 e. The summed E-state index contributed by atoms with van der Waals surface area (Å²) in [5.74, 6) is 1.07. The van der Waals surface area contributed by atoms with E-state index in [2.05, 4.69) is 27.2 Å². The van der Waals surface area contributed by atoms with Crippen molar-refractivity contribution in [1.29, 1.82) is 0 Å². The van der Waals surface area contributed by atoms with E-state index in [9.17, 15) is 9.90 Å². The van der Waals surface area contributed by atoms with Crippen molar-refractivity contribution in [3.63, 3.8) is 0 Å². The number of aliphatic hydroxyl groups excluding tert-OH is 1. The summed E-state index contributed by atoms with van der Waals surface area (Å²) in [7, 11) is 2.11. The van der Waals surface area contributed by atoms with Gasteiger partial charge < -0.3 is 30.9 Å². The summed E-state index contributed by atoms with van der Waals surface area (Å²) < 4.78 is 5.50. The van der Waals surface area contributed by atoms with Gasteiger partial charge in [0.1, 0.15) is 11.6 Å². The zero-order chi connectivity index (χ0) is 25.4. The number of benzene rings is 1. The Morgan fingerprint density at radius 3 is 2.74 bits per heavy atom. The second-order valence-electron chi connectivity index (χ2n) is 9.65. The zero-order valence-corrected chi connectivity index (χ0v) is 21.1. The molecule has 35 heavy (non-hydrogen) atoms. The lowest BCUT2D eigenvalue weighted by molar-refractivity contribution is -0.144. The number of carbonyl (C=O) groups is 1. The normalized spacial score (nSPS) is 15.7. The van der Waals surface area contributed by atoms with Crippen LogP contribution in [0.25, 0.3) is 0 Å². The van der Waals surface area contributed by atoms with E-state index in [0.29, 0.717) is 42.3 Å². The van der Waals surface area contributed by atoms with Crippen LogP contribution in [0.2, 0.25) is 0 Å². The van der Waals surface area contributed by atoms with Gasteiger partial charge in [0.25, 0.3) is 0 Å². The fourth-order valence-corrected chi connectivity index (χ4v) is 4.37. The average molecular weight is 486 g/mol. The number of anilines is 2. The van der Waals surface area contributed by atoms with Crippen molar-refractivity contribution in [2.24, 2.45) is 5.92 Å². The molecule has 9 nitrogen and oxygen atoms in total. The molecule has 0 radical (unpaired) electrons. The third kappa shape index (κ3) is 8.07. The Balaban J connectivity index is 1.63. The number of nitrogens with zero attached hydrogens (tertiary/aromatic N) is 3. The molecule has 1 fully saturated rings. The van der Waals surface area contributed by atoms with Gasteiger partial charge in [0.05, 0.1) is 13.0 Å². The number of rotatable bonds is 11.